The summed E-state index contributed by atoms with van der Waals surface area (Å²) < 4.78 is 8.33. The number of halogens is 1. The number of hydrogen-bond acceptors (Lipinski definition) is 2. The van der Waals surface area contributed by atoms with Gasteiger partial charge in [0.1, 0.15) is 5.75 Å². The highest BCUT2D eigenvalue weighted by Crippen LogP contribution is 2.32. The maximum atomic E-state index is 12.0. The summed E-state index contributed by atoms with van der Waals surface area (Å²) in [7, 11) is 1.66. The second-order valence-electron chi connectivity index (χ2n) is 5.17. The maximum Gasteiger partial charge on any atom is 0.167 e. The van der Waals surface area contributed by atoms with Crippen molar-refractivity contribution < 1.29 is 9.53 Å². The molecule has 1 fully saturated rings. The van der Waals surface area contributed by atoms with Crippen LogP contribution in [-0.4, -0.2) is 17.5 Å². The Balaban J connectivity index is 1.79. The molecule has 0 amide bonds. The van der Waals surface area contributed by atoms with Gasteiger partial charge in [-0.3, -0.25) is 4.79 Å². The molecule has 1 heterocycles. The molecule has 20 heavy (non-hydrogen) atoms. The maximum absolute atomic E-state index is 12.0. The van der Waals surface area contributed by atoms with Crippen LogP contribution in [0.3, 0.4) is 0 Å². The molecule has 0 saturated heterocycles. The third-order valence-electron chi connectivity index (χ3n) is 3.59. The van der Waals surface area contributed by atoms with Crippen molar-refractivity contribution in [2.24, 2.45) is 5.92 Å². The fourth-order valence-electron chi connectivity index (χ4n) is 2.26. The van der Waals surface area contributed by atoms with Gasteiger partial charge in [-0.25, -0.2) is 0 Å². The zero-order chi connectivity index (χ0) is 14.1. The second-order valence-corrected chi connectivity index (χ2v) is 6.02. The van der Waals surface area contributed by atoms with E-state index in [-0.39, 0.29) is 11.7 Å². The van der Waals surface area contributed by atoms with Crippen LogP contribution in [0.1, 0.15) is 28.8 Å². The standard InChI is InChI=1S/C16H16BrNO2/c1-20-14-4-5-15(17)13(8-14)10-18-7-6-12(9-18)16(19)11-2-3-11/h4-9,11H,2-3,10H2,1H3. The molecule has 1 saturated carbocycles. The number of Topliss-reactive ketones (excluding diaryl/α,β-unsaturated/α-hetero) is 1. The lowest BCUT2D eigenvalue weighted by molar-refractivity contribution is 0.0967. The molecular weight excluding hydrogens is 318 g/mol. The molecule has 0 N–H and O–H groups in total. The Morgan fingerprint density at radius 3 is 2.90 bits per heavy atom. The van der Waals surface area contributed by atoms with Crippen LogP contribution in [-0.2, 0) is 6.54 Å². The summed E-state index contributed by atoms with van der Waals surface area (Å²) in [5.41, 5.74) is 1.96. The Hall–Kier alpha value is -1.55. The van der Waals surface area contributed by atoms with E-state index in [2.05, 4.69) is 15.9 Å². The number of benzene rings is 1. The fourth-order valence-corrected chi connectivity index (χ4v) is 2.63. The van der Waals surface area contributed by atoms with Crippen LogP contribution in [0.4, 0.5) is 0 Å². The van der Waals surface area contributed by atoms with Gasteiger partial charge in [0.25, 0.3) is 0 Å². The third kappa shape index (κ3) is 2.80. The molecule has 0 atom stereocenters. The first-order valence-corrected chi connectivity index (χ1v) is 7.49. The summed E-state index contributed by atoms with van der Waals surface area (Å²) in [6, 6.07) is 7.82. The summed E-state index contributed by atoms with van der Waals surface area (Å²) in [5, 5.41) is 0. The summed E-state index contributed by atoms with van der Waals surface area (Å²) in [5.74, 6) is 1.40. The Labute approximate surface area is 126 Å². The topological polar surface area (TPSA) is 31.2 Å². The SMILES string of the molecule is COc1ccc(Br)c(Cn2ccc(C(=O)C3CC3)c2)c1. The number of methoxy groups -OCH3 is 1. The van der Waals surface area contributed by atoms with Gasteiger partial charge in [0.15, 0.2) is 5.78 Å². The predicted octanol–water partition coefficient (Wildman–Crippen LogP) is 3.90. The number of ketones is 1. The quantitative estimate of drug-likeness (QED) is 0.777. The number of ether oxygens (including phenoxy) is 1. The van der Waals surface area contributed by atoms with Gasteiger partial charge >= 0.3 is 0 Å². The van der Waals surface area contributed by atoms with Gasteiger partial charge in [-0.1, -0.05) is 15.9 Å². The minimum atomic E-state index is 0.273. The molecule has 1 aliphatic rings. The zero-order valence-corrected chi connectivity index (χ0v) is 12.9. The lowest BCUT2D eigenvalue weighted by Gasteiger charge is -2.08. The van der Waals surface area contributed by atoms with Crippen molar-refractivity contribution in [3.8, 4) is 5.75 Å². The van der Waals surface area contributed by atoms with E-state index in [9.17, 15) is 4.79 Å². The average Bonchev–Trinajstić information content (AvgIpc) is 3.20. The molecule has 3 nitrogen and oxygen atoms in total. The van der Waals surface area contributed by atoms with Gasteiger partial charge in [0.2, 0.25) is 0 Å². The lowest BCUT2D eigenvalue weighted by atomic mass is 10.1. The minimum absolute atomic E-state index is 0.273. The van der Waals surface area contributed by atoms with Gasteiger partial charge in [-0.05, 0) is 42.7 Å². The summed E-state index contributed by atoms with van der Waals surface area (Å²) in [4.78, 5) is 12.0. The van der Waals surface area contributed by atoms with Crippen LogP contribution in [0.2, 0.25) is 0 Å². The normalized spacial score (nSPS) is 14.3. The molecule has 4 heteroatoms. The highest BCUT2D eigenvalue weighted by atomic mass is 79.9. The van der Waals surface area contributed by atoms with Crippen molar-refractivity contribution in [1.29, 1.82) is 0 Å². The molecule has 0 spiro atoms. The Morgan fingerprint density at radius 1 is 1.40 bits per heavy atom. The Bertz CT molecular complexity index is 644. The number of carbonyl (C=O) groups is 1. The molecule has 1 aliphatic carbocycles. The number of hydrogen-bond donors (Lipinski definition) is 0. The highest BCUT2D eigenvalue weighted by Gasteiger charge is 2.30. The van der Waals surface area contributed by atoms with E-state index >= 15 is 0 Å². The molecule has 1 aromatic carbocycles. The monoisotopic (exact) mass is 333 g/mol. The average molecular weight is 334 g/mol. The summed E-state index contributed by atoms with van der Waals surface area (Å²) in [6.07, 6.45) is 5.99. The third-order valence-corrected chi connectivity index (χ3v) is 4.36. The molecule has 1 aromatic heterocycles. The second kappa shape index (κ2) is 5.44. The van der Waals surface area contributed by atoms with Gasteiger partial charge in [-0.15, -0.1) is 0 Å². The van der Waals surface area contributed by atoms with Crippen LogP contribution >= 0.6 is 15.9 Å². The predicted molar refractivity (Wildman–Crippen MR) is 81.3 cm³/mol. The molecule has 2 aromatic rings. The molecule has 104 valence electrons. The first-order valence-electron chi connectivity index (χ1n) is 6.70. The highest BCUT2D eigenvalue weighted by molar-refractivity contribution is 9.10. The van der Waals surface area contributed by atoms with Gasteiger partial charge in [-0.2, -0.15) is 0 Å². The van der Waals surface area contributed by atoms with Gasteiger partial charge in [0, 0.05) is 34.9 Å². The van der Waals surface area contributed by atoms with Crippen molar-refractivity contribution >= 4 is 21.7 Å². The van der Waals surface area contributed by atoms with Crippen molar-refractivity contribution in [3.63, 3.8) is 0 Å². The van der Waals surface area contributed by atoms with Crippen LogP contribution in [0, 0.1) is 5.92 Å². The Morgan fingerprint density at radius 2 is 2.20 bits per heavy atom. The summed E-state index contributed by atoms with van der Waals surface area (Å²) in [6.45, 7) is 0.718. The molecule has 0 aliphatic heterocycles. The number of aromatic nitrogens is 1. The van der Waals surface area contributed by atoms with Crippen LogP contribution in [0.5, 0.6) is 5.75 Å². The van der Waals surface area contributed by atoms with Gasteiger partial charge < -0.3 is 9.30 Å². The number of rotatable bonds is 5. The zero-order valence-electron chi connectivity index (χ0n) is 11.3. The molecule has 0 bridgehead atoms. The summed E-state index contributed by atoms with van der Waals surface area (Å²) >= 11 is 3.55. The molecule has 0 radical (unpaired) electrons. The van der Waals surface area contributed by atoms with E-state index < -0.39 is 0 Å². The Kier molecular flexibility index (Phi) is 3.66. The first kappa shape index (κ1) is 13.4. The van der Waals surface area contributed by atoms with Crippen molar-refractivity contribution in [2.45, 2.75) is 19.4 Å². The van der Waals surface area contributed by atoms with Crippen LogP contribution in [0.25, 0.3) is 0 Å². The molecule has 3 rings (SSSR count). The largest absolute Gasteiger partial charge is 0.497 e. The smallest absolute Gasteiger partial charge is 0.167 e. The van der Waals surface area contributed by atoms with Crippen LogP contribution < -0.4 is 4.74 Å². The van der Waals surface area contributed by atoms with Gasteiger partial charge in [0.05, 0.1) is 7.11 Å². The lowest BCUT2D eigenvalue weighted by Crippen LogP contribution is -2.01. The fraction of sp³-hybridized carbons (Fsp3) is 0.312. The first-order chi connectivity index (χ1) is 9.67. The van der Waals surface area contributed by atoms with Crippen molar-refractivity contribution in [3.05, 3.63) is 52.3 Å². The van der Waals surface area contributed by atoms with E-state index in [0.717, 1.165) is 40.7 Å². The number of nitrogens with zero attached hydrogens (tertiary/aromatic N) is 1. The molecule has 0 unspecified atom stereocenters. The van der Waals surface area contributed by atoms with E-state index in [1.165, 1.54) is 0 Å². The minimum Gasteiger partial charge on any atom is -0.497 e. The van der Waals surface area contributed by atoms with Crippen LogP contribution in [0.15, 0.2) is 41.1 Å². The van der Waals surface area contributed by atoms with E-state index in [0.29, 0.717) is 0 Å². The van der Waals surface area contributed by atoms with E-state index in [4.69, 9.17) is 4.74 Å². The van der Waals surface area contributed by atoms with E-state index in [1.54, 1.807) is 7.11 Å². The molecular formula is C16H16BrNO2. The number of carbonyl (C=O) groups excluding carboxylic acids is 1. The van der Waals surface area contributed by atoms with Crippen molar-refractivity contribution in [2.75, 3.05) is 7.11 Å². The van der Waals surface area contributed by atoms with E-state index in [1.807, 2.05) is 41.2 Å². The van der Waals surface area contributed by atoms with Crippen molar-refractivity contribution in [1.82, 2.24) is 4.57 Å².